The van der Waals surface area contributed by atoms with E-state index in [0.29, 0.717) is 11.7 Å². The van der Waals surface area contributed by atoms with Gasteiger partial charge in [-0.25, -0.2) is 18.0 Å². The van der Waals surface area contributed by atoms with Crippen molar-refractivity contribution < 1.29 is 22.5 Å². The zero-order valence-corrected chi connectivity index (χ0v) is 20.8. The molecule has 0 radical (unpaired) electrons. The Labute approximate surface area is 204 Å². The highest BCUT2D eigenvalue weighted by atomic mass is 32.2. The van der Waals surface area contributed by atoms with Gasteiger partial charge in [-0.2, -0.15) is 0 Å². The van der Waals surface area contributed by atoms with E-state index < -0.39 is 28.3 Å². The van der Waals surface area contributed by atoms with Crippen molar-refractivity contribution in [2.75, 3.05) is 30.4 Å². The van der Waals surface area contributed by atoms with Crippen LogP contribution in [0.3, 0.4) is 0 Å². The highest BCUT2D eigenvalue weighted by Gasteiger charge is 2.23. The van der Waals surface area contributed by atoms with Gasteiger partial charge in [0.05, 0.1) is 17.7 Å². The molecule has 4 rings (SSSR count). The number of ether oxygens (including phenoxy) is 2. The molecule has 10 heteroatoms. The highest BCUT2D eigenvalue weighted by Crippen LogP contribution is 2.37. The minimum atomic E-state index is -1.96. The van der Waals surface area contributed by atoms with E-state index >= 15 is 0 Å². The Morgan fingerprint density at radius 2 is 1.91 bits per heavy atom. The van der Waals surface area contributed by atoms with Crippen LogP contribution in [0.5, 0.6) is 5.75 Å². The van der Waals surface area contributed by atoms with Gasteiger partial charge in [0.1, 0.15) is 28.0 Å². The lowest BCUT2D eigenvalue weighted by atomic mass is 9.93. The molecule has 2 atom stereocenters. The third-order valence-corrected chi connectivity index (χ3v) is 8.15. The van der Waals surface area contributed by atoms with Crippen molar-refractivity contribution in [3.8, 4) is 16.2 Å². The maximum Gasteiger partial charge on any atom is 0.183 e. The van der Waals surface area contributed by atoms with Gasteiger partial charge in [0.15, 0.2) is 16.1 Å². The van der Waals surface area contributed by atoms with Crippen molar-refractivity contribution >= 4 is 33.1 Å². The fraction of sp³-hybridized carbons (Fsp3) is 0.375. The van der Waals surface area contributed by atoms with Gasteiger partial charge in [0, 0.05) is 19.3 Å². The van der Waals surface area contributed by atoms with Crippen LogP contribution in [0.4, 0.5) is 19.6 Å². The van der Waals surface area contributed by atoms with Crippen molar-refractivity contribution in [2.45, 2.75) is 37.6 Å². The molecule has 1 saturated heterocycles. The first-order chi connectivity index (χ1) is 16.4. The molecule has 6 nitrogen and oxygen atoms in total. The number of thiazole rings is 1. The molecule has 3 aromatic rings. The Bertz CT molecular complexity index is 1160. The van der Waals surface area contributed by atoms with Crippen molar-refractivity contribution in [2.24, 2.45) is 5.92 Å². The molecule has 0 aliphatic carbocycles. The Balaban J connectivity index is 1.58. The van der Waals surface area contributed by atoms with Gasteiger partial charge in [-0.15, -0.1) is 0 Å². The van der Waals surface area contributed by atoms with E-state index in [1.807, 2.05) is 13.0 Å². The van der Waals surface area contributed by atoms with Crippen LogP contribution in [0, 0.1) is 24.5 Å². The van der Waals surface area contributed by atoms with Gasteiger partial charge in [-0.1, -0.05) is 17.4 Å². The molecule has 1 aromatic heterocycles. The quantitative estimate of drug-likeness (QED) is 0.405. The summed E-state index contributed by atoms with van der Waals surface area (Å²) >= 11 is 1.51. The molecule has 2 heterocycles. The van der Waals surface area contributed by atoms with Crippen LogP contribution in [-0.4, -0.2) is 35.6 Å². The summed E-state index contributed by atoms with van der Waals surface area (Å²) in [5, 5.41) is 4.34. The van der Waals surface area contributed by atoms with E-state index in [4.69, 9.17) is 9.47 Å². The number of benzene rings is 2. The highest BCUT2D eigenvalue weighted by molar-refractivity contribution is 7.86. The van der Waals surface area contributed by atoms with Crippen molar-refractivity contribution in [3.63, 3.8) is 0 Å². The van der Waals surface area contributed by atoms with E-state index in [-0.39, 0.29) is 10.9 Å². The summed E-state index contributed by atoms with van der Waals surface area (Å²) in [6.07, 6.45) is 2.04. The van der Waals surface area contributed by atoms with E-state index in [1.54, 1.807) is 12.1 Å². The summed E-state index contributed by atoms with van der Waals surface area (Å²) in [6.45, 7) is 5.66. The molecule has 1 fully saturated rings. The molecule has 0 spiro atoms. The van der Waals surface area contributed by atoms with Crippen molar-refractivity contribution in [1.82, 2.24) is 4.98 Å². The molecule has 0 amide bonds. The number of rotatable bonds is 8. The predicted molar refractivity (Wildman–Crippen MR) is 132 cm³/mol. The smallest absolute Gasteiger partial charge is 0.183 e. The molecular weight excluding hydrogens is 480 g/mol. The Hall–Kier alpha value is -2.56. The number of anilines is 2. The summed E-state index contributed by atoms with van der Waals surface area (Å²) in [5.41, 5.74) is 1.18. The normalized spacial score (nSPS) is 16.1. The zero-order chi connectivity index (χ0) is 24.2. The summed E-state index contributed by atoms with van der Waals surface area (Å²) in [4.78, 5) is 5.88. The second-order valence-electron chi connectivity index (χ2n) is 8.15. The second kappa shape index (κ2) is 10.8. The summed E-state index contributed by atoms with van der Waals surface area (Å²) < 4.78 is 54.4. The van der Waals surface area contributed by atoms with Crippen molar-refractivity contribution in [1.29, 1.82) is 0 Å². The third kappa shape index (κ3) is 5.39. The average molecular weight is 508 g/mol. The number of hydrogen-bond acceptors (Lipinski definition) is 6. The predicted octanol–water partition coefficient (Wildman–Crippen LogP) is 5.77. The fourth-order valence-corrected chi connectivity index (χ4v) is 6.08. The number of halogens is 2. The summed E-state index contributed by atoms with van der Waals surface area (Å²) in [7, 11) is -0.506. The van der Waals surface area contributed by atoms with Crippen LogP contribution >= 0.6 is 11.3 Å². The molecule has 182 valence electrons. The van der Waals surface area contributed by atoms with E-state index in [1.165, 1.54) is 24.5 Å². The lowest BCUT2D eigenvalue weighted by Crippen LogP contribution is -2.30. The molecule has 0 bridgehead atoms. The fourth-order valence-electron chi connectivity index (χ4n) is 3.96. The third-order valence-electron chi connectivity index (χ3n) is 5.90. The van der Waals surface area contributed by atoms with Crippen molar-refractivity contribution in [3.05, 3.63) is 53.7 Å². The van der Waals surface area contributed by atoms with Gasteiger partial charge >= 0.3 is 0 Å². The number of hydrogen-bond donors (Lipinski definition) is 2. The van der Waals surface area contributed by atoms with Gasteiger partial charge in [0.2, 0.25) is 0 Å². The molecule has 2 aromatic carbocycles. The lowest BCUT2D eigenvalue weighted by Gasteiger charge is -2.28. The monoisotopic (exact) mass is 507 g/mol. The summed E-state index contributed by atoms with van der Waals surface area (Å²) in [6, 6.07) is 8.98. The summed E-state index contributed by atoms with van der Waals surface area (Å²) in [5.74, 6) is -0.770. The maximum absolute atomic E-state index is 14.1. The standard InChI is InChI=1S/C24H27F2N3O3S2/c1-14(16-9-11-32-12-10-16)27-24-28-15(2)23(33-24)17-7-8-20(31-3)21(13-17)34(30)29-22-18(25)5-4-6-19(22)26/h4-8,13-14,16,29H,9-12H2,1-3H3,(H,27,28). The molecule has 34 heavy (non-hydrogen) atoms. The van der Waals surface area contributed by atoms with Gasteiger partial charge in [0.25, 0.3) is 0 Å². The van der Waals surface area contributed by atoms with Gasteiger partial charge < -0.3 is 14.8 Å². The topological polar surface area (TPSA) is 72.5 Å². The molecular formula is C24H27F2N3O3S2. The Kier molecular flexibility index (Phi) is 7.80. The Morgan fingerprint density at radius 1 is 1.21 bits per heavy atom. The minimum Gasteiger partial charge on any atom is -0.495 e. The number of aryl methyl sites for hydroxylation is 1. The first-order valence-corrected chi connectivity index (χ1v) is 13.0. The van der Waals surface area contributed by atoms with Crippen LogP contribution in [-0.2, 0) is 15.7 Å². The second-order valence-corrected chi connectivity index (χ2v) is 10.3. The lowest BCUT2D eigenvalue weighted by molar-refractivity contribution is 0.0622. The number of aromatic nitrogens is 1. The number of nitrogens with zero attached hydrogens (tertiary/aromatic N) is 1. The van der Waals surface area contributed by atoms with Crippen LogP contribution < -0.4 is 14.8 Å². The maximum atomic E-state index is 14.1. The molecule has 0 saturated carbocycles. The first kappa shape index (κ1) is 24.6. The minimum absolute atomic E-state index is 0.265. The average Bonchev–Trinajstić information content (AvgIpc) is 3.21. The largest absolute Gasteiger partial charge is 0.495 e. The molecule has 2 unspecified atom stereocenters. The van der Waals surface area contributed by atoms with Crippen LogP contribution in [0.15, 0.2) is 41.3 Å². The van der Waals surface area contributed by atoms with Gasteiger partial charge in [-0.05, 0) is 68.5 Å². The molecule has 1 aliphatic heterocycles. The van der Waals surface area contributed by atoms with Crippen LogP contribution in [0.1, 0.15) is 25.5 Å². The first-order valence-electron chi connectivity index (χ1n) is 11.0. The van der Waals surface area contributed by atoms with E-state index in [2.05, 4.69) is 21.9 Å². The number of methoxy groups -OCH3 is 1. The van der Waals surface area contributed by atoms with Crippen LogP contribution in [0.2, 0.25) is 0 Å². The van der Waals surface area contributed by atoms with Gasteiger partial charge in [-0.3, -0.25) is 4.72 Å². The molecule has 1 aliphatic rings. The number of para-hydroxylation sites is 1. The van der Waals surface area contributed by atoms with E-state index in [9.17, 15) is 13.0 Å². The SMILES string of the molecule is COc1ccc(-c2sc(NC(C)C3CCOCC3)nc2C)cc1S(=O)Nc1c(F)cccc1F. The van der Waals surface area contributed by atoms with Crippen LogP contribution in [0.25, 0.3) is 10.4 Å². The van der Waals surface area contributed by atoms with E-state index in [0.717, 1.165) is 59.5 Å². The number of nitrogens with one attached hydrogen (secondary N) is 2. The molecule has 2 N–H and O–H groups in total. The zero-order valence-electron chi connectivity index (χ0n) is 19.2. The Morgan fingerprint density at radius 3 is 2.59 bits per heavy atom.